The van der Waals surface area contributed by atoms with E-state index < -0.39 is 41.7 Å². The second-order valence-electron chi connectivity index (χ2n) is 9.53. The van der Waals surface area contributed by atoms with E-state index in [0.29, 0.717) is 37.3 Å². The Morgan fingerprint density at radius 1 is 0.976 bits per heavy atom. The Bertz CT molecular complexity index is 1590. The molecule has 2 heterocycles. The standard InChI is InChI=1S/C27H29ClF3N3O4S3/c1-2-3-7-23-24(39-20-9-11-21(12-10-20)41(37,38)34-16-5-4-6-17-34)13-15-26(32-23)33-40(35,36)25-14-8-19(18-22(25)28)27(29,30)31/h8-15,18H,2-7,16-17H2,1H3,(H,32,33). The van der Waals surface area contributed by atoms with Crippen LogP contribution in [0.2, 0.25) is 5.02 Å². The number of benzene rings is 2. The lowest BCUT2D eigenvalue weighted by molar-refractivity contribution is -0.137. The van der Waals surface area contributed by atoms with E-state index in [1.807, 2.05) is 6.92 Å². The average Bonchev–Trinajstić information content (AvgIpc) is 2.93. The number of nitrogens with zero attached hydrogens (tertiary/aromatic N) is 2. The first kappa shape index (κ1) is 31.6. The summed E-state index contributed by atoms with van der Waals surface area (Å²) in [4.78, 5) is 5.77. The molecular formula is C27H29ClF3N3O4S3. The number of nitrogens with one attached hydrogen (secondary N) is 1. The summed E-state index contributed by atoms with van der Waals surface area (Å²) < 4.78 is 94.5. The molecule has 2 aromatic carbocycles. The molecule has 41 heavy (non-hydrogen) atoms. The summed E-state index contributed by atoms with van der Waals surface area (Å²) in [5.74, 6) is -0.000564. The predicted molar refractivity (Wildman–Crippen MR) is 153 cm³/mol. The maximum atomic E-state index is 13.0. The SMILES string of the molecule is CCCCc1nc(NS(=O)(=O)c2ccc(C(F)(F)F)cc2Cl)ccc1Sc1ccc(S(=O)(=O)N2CCCCC2)cc1. The van der Waals surface area contributed by atoms with Crippen LogP contribution in [-0.2, 0) is 32.6 Å². The monoisotopic (exact) mass is 647 g/mol. The van der Waals surface area contributed by atoms with Crippen LogP contribution < -0.4 is 4.72 Å². The maximum Gasteiger partial charge on any atom is 0.416 e. The highest BCUT2D eigenvalue weighted by Gasteiger charge is 2.32. The largest absolute Gasteiger partial charge is 0.416 e. The highest BCUT2D eigenvalue weighted by atomic mass is 35.5. The third-order valence-electron chi connectivity index (χ3n) is 6.49. The molecule has 1 N–H and O–H groups in total. The third kappa shape index (κ3) is 7.75. The summed E-state index contributed by atoms with van der Waals surface area (Å²) in [6.07, 6.45) is 0.273. The highest BCUT2D eigenvalue weighted by Crippen LogP contribution is 2.35. The van der Waals surface area contributed by atoms with Gasteiger partial charge in [-0.05, 0) is 80.3 Å². The number of hydrogen-bond acceptors (Lipinski definition) is 6. The molecule has 1 aliphatic heterocycles. The number of aryl methyl sites for hydroxylation is 1. The minimum Gasteiger partial charge on any atom is -0.263 e. The van der Waals surface area contributed by atoms with Gasteiger partial charge in [0.2, 0.25) is 10.0 Å². The van der Waals surface area contributed by atoms with Crippen molar-refractivity contribution in [3.63, 3.8) is 0 Å². The van der Waals surface area contributed by atoms with Crippen molar-refractivity contribution in [2.45, 2.75) is 71.2 Å². The first-order valence-electron chi connectivity index (χ1n) is 13.0. The quantitative estimate of drug-likeness (QED) is 0.250. The molecule has 0 saturated carbocycles. The number of pyridine rings is 1. The number of sulfonamides is 2. The van der Waals surface area contributed by atoms with Gasteiger partial charge >= 0.3 is 6.18 Å². The Balaban J connectivity index is 1.54. The molecule has 1 fully saturated rings. The molecule has 0 aliphatic carbocycles. The van der Waals surface area contributed by atoms with E-state index in [2.05, 4.69) is 9.71 Å². The van der Waals surface area contributed by atoms with Crippen LogP contribution in [0.4, 0.5) is 19.0 Å². The summed E-state index contributed by atoms with van der Waals surface area (Å²) in [5.41, 5.74) is -0.430. The highest BCUT2D eigenvalue weighted by molar-refractivity contribution is 7.99. The van der Waals surface area contributed by atoms with Gasteiger partial charge in [0, 0.05) is 22.9 Å². The fraction of sp³-hybridized carbons (Fsp3) is 0.370. The van der Waals surface area contributed by atoms with Gasteiger partial charge in [0.1, 0.15) is 10.7 Å². The molecule has 1 aromatic heterocycles. The molecule has 4 rings (SSSR count). The van der Waals surface area contributed by atoms with Crippen molar-refractivity contribution < 1.29 is 30.0 Å². The maximum absolute atomic E-state index is 13.0. The third-order valence-corrected chi connectivity index (χ3v) is 11.3. The van der Waals surface area contributed by atoms with E-state index in [0.717, 1.165) is 48.0 Å². The van der Waals surface area contributed by atoms with Crippen molar-refractivity contribution in [3.05, 3.63) is 70.9 Å². The lowest BCUT2D eigenvalue weighted by Gasteiger charge is -2.25. The Labute approximate surface area is 247 Å². The van der Waals surface area contributed by atoms with Crippen LogP contribution in [0, 0.1) is 0 Å². The van der Waals surface area contributed by atoms with Crippen LogP contribution in [0.1, 0.15) is 50.3 Å². The van der Waals surface area contributed by atoms with Crippen LogP contribution in [0.15, 0.2) is 74.2 Å². The number of piperidine rings is 1. The van der Waals surface area contributed by atoms with Crippen molar-refractivity contribution in [1.82, 2.24) is 9.29 Å². The molecule has 1 saturated heterocycles. The molecule has 0 radical (unpaired) electrons. The van der Waals surface area contributed by atoms with E-state index >= 15 is 0 Å². The summed E-state index contributed by atoms with van der Waals surface area (Å²) in [5, 5.41) is -0.559. The van der Waals surface area contributed by atoms with Crippen molar-refractivity contribution in [1.29, 1.82) is 0 Å². The first-order valence-corrected chi connectivity index (χ1v) is 17.1. The van der Waals surface area contributed by atoms with E-state index in [4.69, 9.17) is 11.6 Å². The van der Waals surface area contributed by atoms with Gasteiger partial charge in [-0.3, -0.25) is 4.72 Å². The van der Waals surface area contributed by atoms with Gasteiger partial charge in [-0.2, -0.15) is 17.5 Å². The molecule has 0 unspecified atom stereocenters. The topological polar surface area (TPSA) is 96.4 Å². The predicted octanol–water partition coefficient (Wildman–Crippen LogP) is 7.22. The molecule has 0 bridgehead atoms. The molecule has 222 valence electrons. The fourth-order valence-electron chi connectivity index (χ4n) is 4.31. The lowest BCUT2D eigenvalue weighted by Crippen LogP contribution is -2.35. The summed E-state index contributed by atoms with van der Waals surface area (Å²) in [6.45, 7) is 3.05. The lowest BCUT2D eigenvalue weighted by atomic mass is 10.2. The number of halogens is 4. The van der Waals surface area contributed by atoms with E-state index in [1.165, 1.54) is 22.1 Å². The number of rotatable bonds is 10. The van der Waals surface area contributed by atoms with Crippen LogP contribution >= 0.6 is 23.4 Å². The van der Waals surface area contributed by atoms with Gasteiger partial charge < -0.3 is 0 Å². The zero-order chi connectivity index (χ0) is 29.8. The summed E-state index contributed by atoms with van der Waals surface area (Å²) in [7, 11) is -7.87. The van der Waals surface area contributed by atoms with E-state index in [9.17, 15) is 30.0 Å². The van der Waals surface area contributed by atoms with Crippen LogP contribution in [0.25, 0.3) is 0 Å². The second kappa shape index (κ2) is 12.9. The van der Waals surface area contributed by atoms with Gasteiger partial charge in [-0.15, -0.1) is 0 Å². The zero-order valence-electron chi connectivity index (χ0n) is 22.1. The summed E-state index contributed by atoms with van der Waals surface area (Å²) in [6, 6.07) is 11.8. The molecule has 0 spiro atoms. The van der Waals surface area contributed by atoms with Gasteiger partial charge in [0.05, 0.1) is 21.2 Å². The molecule has 7 nitrogen and oxygen atoms in total. The fourth-order valence-corrected chi connectivity index (χ4v) is 8.30. The normalized spacial score (nSPS) is 15.1. The molecule has 0 amide bonds. The van der Waals surface area contributed by atoms with Gasteiger partial charge in [0.15, 0.2) is 0 Å². The molecule has 3 aromatic rings. The van der Waals surface area contributed by atoms with Crippen molar-refractivity contribution in [2.75, 3.05) is 17.8 Å². The zero-order valence-corrected chi connectivity index (χ0v) is 25.3. The van der Waals surface area contributed by atoms with Crippen molar-refractivity contribution in [3.8, 4) is 0 Å². The number of unbranched alkanes of at least 4 members (excludes halogenated alkanes) is 1. The van der Waals surface area contributed by atoms with E-state index in [-0.39, 0.29) is 10.7 Å². The minimum atomic E-state index is -4.66. The smallest absolute Gasteiger partial charge is 0.263 e. The Hall–Kier alpha value is -2.32. The van der Waals surface area contributed by atoms with Gasteiger partial charge in [0.25, 0.3) is 10.0 Å². The molecule has 1 aliphatic rings. The average molecular weight is 648 g/mol. The first-order chi connectivity index (χ1) is 19.3. The van der Waals surface area contributed by atoms with Crippen LogP contribution in [-0.4, -0.2) is 39.2 Å². The Morgan fingerprint density at radius 2 is 1.66 bits per heavy atom. The number of anilines is 1. The molecule has 14 heteroatoms. The minimum absolute atomic E-state index is 0.000564. The van der Waals surface area contributed by atoms with Crippen LogP contribution in [0.3, 0.4) is 0 Å². The molecular weight excluding hydrogens is 619 g/mol. The number of hydrogen-bond donors (Lipinski definition) is 1. The summed E-state index contributed by atoms with van der Waals surface area (Å²) >= 11 is 7.27. The Kier molecular flexibility index (Phi) is 9.95. The van der Waals surface area contributed by atoms with E-state index in [1.54, 1.807) is 30.3 Å². The second-order valence-corrected chi connectivity index (χ2v) is 14.6. The van der Waals surface area contributed by atoms with Crippen molar-refractivity contribution in [2.24, 2.45) is 0 Å². The Morgan fingerprint density at radius 3 is 2.27 bits per heavy atom. The van der Waals surface area contributed by atoms with Crippen LogP contribution in [0.5, 0.6) is 0 Å². The van der Waals surface area contributed by atoms with Crippen molar-refractivity contribution >= 4 is 49.2 Å². The van der Waals surface area contributed by atoms with Gasteiger partial charge in [-0.1, -0.05) is 43.1 Å². The number of aromatic nitrogens is 1. The molecule has 0 atom stereocenters. The van der Waals surface area contributed by atoms with Gasteiger partial charge in [-0.25, -0.2) is 21.8 Å². The number of alkyl halides is 3.